The molecular formula is C15H19ClN4O4. The maximum atomic E-state index is 11.5. The first kappa shape index (κ1) is 18.0. The molecule has 0 radical (unpaired) electrons. The molecule has 0 bridgehead atoms. The van der Waals surface area contributed by atoms with E-state index in [1.807, 2.05) is 6.92 Å². The lowest BCUT2D eigenvalue weighted by molar-refractivity contribution is -0.153. The number of anilines is 1. The quantitative estimate of drug-likeness (QED) is 0.792. The Morgan fingerprint density at radius 3 is 2.71 bits per heavy atom. The summed E-state index contributed by atoms with van der Waals surface area (Å²) in [7, 11) is 0. The zero-order valence-electron chi connectivity index (χ0n) is 13.7. The van der Waals surface area contributed by atoms with Crippen LogP contribution in [0.5, 0.6) is 0 Å². The molecule has 2 heterocycles. The maximum absolute atomic E-state index is 11.5. The van der Waals surface area contributed by atoms with Gasteiger partial charge in [0.1, 0.15) is 17.7 Å². The predicted molar refractivity (Wildman–Crippen MR) is 88.2 cm³/mol. The molecule has 130 valence electrons. The highest BCUT2D eigenvalue weighted by Gasteiger charge is 2.22. The van der Waals surface area contributed by atoms with Crippen LogP contribution in [0.3, 0.4) is 0 Å². The molecule has 0 fully saturated rings. The largest absolute Gasteiger partial charge is 0.466 e. The predicted octanol–water partition coefficient (Wildman–Crippen LogP) is 2.32. The van der Waals surface area contributed by atoms with Crippen molar-refractivity contribution in [3.63, 3.8) is 0 Å². The SMILES string of the molecule is CC(=O)OCC(C)CC(OC(C)=O)n1cnc2c(Cl)cc(N)nc21. The van der Waals surface area contributed by atoms with Gasteiger partial charge in [0.25, 0.3) is 0 Å². The van der Waals surface area contributed by atoms with E-state index in [1.54, 1.807) is 4.57 Å². The summed E-state index contributed by atoms with van der Waals surface area (Å²) in [4.78, 5) is 30.8. The number of nitrogen functional groups attached to an aromatic ring is 1. The molecule has 0 saturated heterocycles. The molecule has 2 aromatic heterocycles. The lowest BCUT2D eigenvalue weighted by Crippen LogP contribution is -2.21. The van der Waals surface area contributed by atoms with E-state index < -0.39 is 12.2 Å². The number of esters is 2. The Hall–Kier alpha value is -2.35. The number of nitrogens with zero attached hydrogens (tertiary/aromatic N) is 3. The first-order chi connectivity index (χ1) is 11.3. The number of hydrogen-bond acceptors (Lipinski definition) is 7. The maximum Gasteiger partial charge on any atom is 0.304 e. The summed E-state index contributed by atoms with van der Waals surface area (Å²) in [6.45, 7) is 4.76. The Morgan fingerprint density at radius 2 is 2.08 bits per heavy atom. The number of carbonyl (C=O) groups is 2. The van der Waals surface area contributed by atoms with E-state index in [-0.39, 0.29) is 24.3 Å². The highest BCUT2D eigenvalue weighted by atomic mass is 35.5. The summed E-state index contributed by atoms with van der Waals surface area (Å²) < 4.78 is 12.0. The summed E-state index contributed by atoms with van der Waals surface area (Å²) >= 11 is 6.12. The smallest absolute Gasteiger partial charge is 0.304 e. The number of rotatable bonds is 6. The van der Waals surface area contributed by atoms with Gasteiger partial charge in [-0.25, -0.2) is 9.97 Å². The van der Waals surface area contributed by atoms with Crippen molar-refractivity contribution in [1.82, 2.24) is 14.5 Å². The average molecular weight is 355 g/mol. The van der Waals surface area contributed by atoms with Crippen molar-refractivity contribution in [1.29, 1.82) is 0 Å². The van der Waals surface area contributed by atoms with Crippen molar-refractivity contribution in [2.45, 2.75) is 33.4 Å². The van der Waals surface area contributed by atoms with E-state index in [2.05, 4.69) is 9.97 Å². The average Bonchev–Trinajstić information content (AvgIpc) is 2.88. The van der Waals surface area contributed by atoms with E-state index in [0.717, 1.165) is 0 Å². The molecule has 24 heavy (non-hydrogen) atoms. The molecule has 2 N–H and O–H groups in total. The van der Waals surface area contributed by atoms with Crippen molar-refractivity contribution in [2.24, 2.45) is 5.92 Å². The van der Waals surface area contributed by atoms with Gasteiger partial charge in [0.2, 0.25) is 0 Å². The topological polar surface area (TPSA) is 109 Å². The third-order valence-electron chi connectivity index (χ3n) is 3.29. The third-order valence-corrected chi connectivity index (χ3v) is 3.58. The van der Waals surface area contributed by atoms with Gasteiger partial charge in [-0.2, -0.15) is 0 Å². The van der Waals surface area contributed by atoms with Crippen LogP contribution in [-0.4, -0.2) is 33.1 Å². The number of hydrogen-bond donors (Lipinski definition) is 1. The summed E-state index contributed by atoms with van der Waals surface area (Å²) in [5.41, 5.74) is 6.62. The molecule has 0 aliphatic rings. The molecule has 0 aliphatic carbocycles. The highest BCUT2D eigenvalue weighted by Crippen LogP contribution is 2.28. The molecule has 0 aliphatic heterocycles. The van der Waals surface area contributed by atoms with Crippen LogP contribution >= 0.6 is 11.6 Å². The molecule has 8 nitrogen and oxygen atoms in total. The first-order valence-electron chi connectivity index (χ1n) is 7.37. The summed E-state index contributed by atoms with van der Waals surface area (Å²) in [6, 6.07) is 1.51. The van der Waals surface area contributed by atoms with E-state index in [4.69, 9.17) is 26.8 Å². The monoisotopic (exact) mass is 354 g/mol. The van der Waals surface area contributed by atoms with Crippen LogP contribution in [0.4, 0.5) is 5.82 Å². The highest BCUT2D eigenvalue weighted by molar-refractivity contribution is 6.35. The fraction of sp³-hybridized carbons (Fsp3) is 0.467. The van der Waals surface area contributed by atoms with Gasteiger partial charge in [-0.1, -0.05) is 18.5 Å². The van der Waals surface area contributed by atoms with Crippen molar-refractivity contribution in [3.8, 4) is 0 Å². The van der Waals surface area contributed by atoms with Crippen LogP contribution in [0.15, 0.2) is 12.4 Å². The lowest BCUT2D eigenvalue weighted by atomic mass is 10.1. The van der Waals surface area contributed by atoms with Gasteiger partial charge in [0.05, 0.1) is 11.6 Å². The van der Waals surface area contributed by atoms with Crippen molar-refractivity contribution in [2.75, 3.05) is 12.3 Å². The van der Waals surface area contributed by atoms with Crippen molar-refractivity contribution < 1.29 is 19.1 Å². The van der Waals surface area contributed by atoms with Gasteiger partial charge >= 0.3 is 11.9 Å². The van der Waals surface area contributed by atoms with Crippen molar-refractivity contribution in [3.05, 3.63) is 17.4 Å². The number of halogens is 1. The number of pyridine rings is 1. The molecule has 2 rings (SSSR count). The van der Waals surface area contributed by atoms with Crippen LogP contribution in [0.1, 0.15) is 33.4 Å². The Morgan fingerprint density at radius 1 is 1.38 bits per heavy atom. The zero-order chi connectivity index (χ0) is 17.9. The van der Waals surface area contributed by atoms with Gasteiger partial charge in [-0.05, 0) is 5.92 Å². The number of fused-ring (bicyclic) bond motifs is 1. The molecule has 2 unspecified atom stereocenters. The molecule has 0 aromatic carbocycles. The number of ether oxygens (including phenoxy) is 2. The van der Waals surface area contributed by atoms with Gasteiger partial charge in [0, 0.05) is 26.3 Å². The van der Waals surface area contributed by atoms with Gasteiger partial charge < -0.3 is 15.2 Å². The Balaban J connectivity index is 2.31. The molecule has 0 amide bonds. The zero-order valence-corrected chi connectivity index (χ0v) is 14.4. The van der Waals surface area contributed by atoms with Crippen LogP contribution in [0.25, 0.3) is 11.2 Å². The number of carbonyl (C=O) groups excluding carboxylic acids is 2. The number of aromatic nitrogens is 3. The van der Waals surface area contributed by atoms with Gasteiger partial charge in [-0.3, -0.25) is 14.2 Å². The third kappa shape index (κ3) is 4.35. The first-order valence-corrected chi connectivity index (χ1v) is 7.74. The molecular weight excluding hydrogens is 336 g/mol. The van der Waals surface area contributed by atoms with E-state index in [9.17, 15) is 9.59 Å². The minimum Gasteiger partial charge on any atom is -0.466 e. The normalized spacial score (nSPS) is 13.5. The minimum atomic E-state index is -0.663. The number of imidazole rings is 1. The van der Waals surface area contributed by atoms with Crippen LogP contribution in [0.2, 0.25) is 5.02 Å². The van der Waals surface area contributed by atoms with Gasteiger partial charge in [0.15, 0.2) is 11.9 Å². The minimum absolute atomic E-state index is 0.0489. The second-order valence-corrected chi connectivity index (χ2v) is 5.97. The molecule has 0 saturated carbocycles. The molecule has 2 aromatic rings. The Bertz CT molecular complexity index is 761. The van der Waals surface area contributed by atoms with E-state index >= 15 is 0 Å². The summed E-state index contributed by atoms with van der Waals surface area (Å²) in [5.74, 6) is -0.618. The second kappa shape index (κ2) is 7.48. The van der Waals surface area contributed by atoms with Crippen LogP contribution in [0, 0.1) is 5.92 Å². The summed E-state index contributed by atoms with van der Waals surface area (Å²) in [6.07, 6.45) is 1.24. The standard InChI is InChI=1S/C15H19ClN4O4/c1-8(6-23-9(2)21)4-13(24-10(3)22)20-7-18-14-11(16)5-12(17)19-15(14)20/h5,7-8,13H,4,6H2,1-3H3,(H2,17,19). The van der Waals surface area contributed by atoms with E-state index in [0.29, 0.717) is 22.6 Å². The van der Waals surface area contributed by atoms with Gasteiger partial charge in [-0.15, -0.1) is 0 Å². The molecule has 2 atom stereocenters. The molecule has 9 heteroatoms. The number of nitrogens with two attached hydrogens (primary N) is 1. The fourth-order valence-electron chi connectivity index (χ4n) is 2.28. The second-order valence-electron chi connectivity index (χ2n) is 5.56. The fourth-order valence-corrected chi connectivity index (χ4v) is 2.52. The van der Waals surface area contributed by atoms with E-state index in [1.165, 1.54) is 26.2 Å². The van der Waals surface area contributed by atoms with Crippen molar-refractivity contribution >= 4 is 40.5 Å². The van der Waals surface area contributed by atoms with Crippen LogP contribution < -0.4 is 5.73 Å². The van der Waals surface area contributed by atoms with Crippen LogP contribution in [-0.2, 0) is 19.1 Å². The summed E-state index contributed by atoms with van der Waals surface area (Å²) in [5, 5.41) is 0.366. The lowest BCUT2D eigenvalue weighted by Gasteiger charge is -2.22. The molecule has 0 spiro atoms. The Kier molecular flexibility index (Phi) is 5.61. The Labute approximate surface area is 143 Å².